The first-order valence-corrected chi connectivity index (χ1v) is 7.13. The van der Waals surface area contributed by atoms with Crippen LogP contribution >= 0.6 is 0 Å². The molecule has 3 atom stereocenters. The molecule has 2 rings (SSSR count). The van der Waals surface area contributed by atoms with Crippen LogP contribution in [-0.2, 0) is 14.7 Å². The average molecular weight is 218 g/mol. The molecule has 82 valence electrons. The highest BCUT2D eigenvalue weighted by Gasteiger charge is 2.37. The molecule has 0 aromatic carbocycles. The predicted molar refractivity (Wildman–Crippen MR) is 55.5 cm³/mol. The number of morpholine rings is 1. The first kappa shape index (κ1) is 10.4. The van der Waals surface area contributed by atoms with Crippen LogP contribution in [0.15, 0.2) is 0 Å². The van der Waals surface area contributed by atoms with Crippen LogP contribution in [-0.4, -0.2) is 40.1 Å². The largest absolute Gasteiger partial charge is 0.375 e. The van der Waals surface area contributed by atoms with Gasteiger partial charge in [0.2, 0.25) is 0 Å². The Morgan fingerprint density at radius 2 is 2.14 bits per heavy atom. The van der Waals surface area contributed by atoms with Crippen LogP contribution in [0.1, 0.15) is 25.7 Å². The smallest absolute Gasteiger partial charge is 0.105 e. The molecule has 2 aliphatic rings. The zero-order valence-corrected chi connectivity index (χ0v) is 9.39. The van der Waals surface area contributed by atoms with Crippen LogP contribution in [0.2, 0.25) is 0 Å². The highest BCUT2D eigenvalue weighted by Crippen LogP contribution is 2.29. The Morgan fingerprint density at radius 3 is 2.86 bits per heavy atom. The molecule has 1 aliphatic carbocycles. The second-order valence-electron chi connectivity index (χ2n) is 4.20. The van der Waals surface area contributed by atoms with Crippen LogP contribution in [0.25, 0.3) is 0 Å². The molecule has 0 aromatic heterocycles. The van der Waals surface area contributed by atoms with Crippen LogP contribution in [0, 0.1) is 4.78 Å². The summed E-state index contributed by atoms with van der Waals surface area (Å²) in [5, 5.41) is 0. The van der Waals surface area contributed by atoms with E-state index >= 15 is 0 Å². The molecule has 0 bridgehead atoms. The van der Waals surface area contributed by atoms with Gasteiger partial charge in [-0.1, -0.05) is 12.8 Å². The molecule has 1 N–H and O–H groups in total. The standard InChI is InChI=1S/C9H18N2O2S/c1-14(10,12)11-6-7-13-9-5-3-2-4-8(9)11/h8-10H,2-7H2,1H3. The fraction of sp³-hybridized carbons (Fsp3) is 1.00. The maximum atomic E-state index is 11.7. The Hall–Kier alpha value is -0.130. The lowest BCUT2D eigenvalue weighted by molar-refractivity contribution is -0.0575. The van der Waals surface area contributed by atoms with Gasteiger partial charge in [0.1, 0.15) is 9.92 Å². The number of hydrogen-bond donors (Lipinski definition) is 1. The van der Waals surface area contributed by atoms with Gasteiger partial charge in [0, 0.05) is 18.8 Å². The molecule has 1 aliphatic heterocycles. The molecule has 1 saturated carbocycles. The lowest BCUT2D eigenvalue weighted by atomic mass is 9.91. The molecule has 0 aromatic rings. The summed E-state index contributed by atoms with van der Waals surface area (Å²) >= 11 is 0. The van der Waals surface area contributed by atoms with Gasteiger partial charge in [0.15, 0.2) is 0 Å². The number of rotatable bonds is 1. The zero-order chi connectivity index (χ0) is 10.2. The van der Waals surface area contributed by atoms with Gasteiger partial charge < -0.3 is 4.74 Å². The zero-order valence-electron chi connectivity index (χ0n) is 8.57. The van der Waals surface area contributed by atoms with Gasteiger partial charge in [-0.15, -0.1) is 0 Å². The van der Waals surface area contributed by atoms with E-state index in [1.807, 2.05) is 4.31 Å². The van der Waals surface area contributed by atoms with Crippen molar-refractivity contribution in [2.45, 2.75) is 37.8 Å². The maximum Gasteiger partial charge on any atom is 0.105 e. The third kappa shape index (κ3) is 1.94. The van der Waals surface area contributed by atoms with Gasteiger partial charge in [0.25, 0.3) is 0 Å². The number of nitrogens with zero attached hydrogens (tertiary/aromatic N) is 1. The molecule has 14 heavy (non-hydrogen) atoms. The summed E-state index contributed by atoms with van der Waals surface area (Å²) in [6.07, 6.45) is 6.23. The molecule has 1 heterocycles. The summed E-state index contributed by atoms with van der Waals surface area (Å²) in [7, 11) is -2.54. The van der Waals surface area contributed by atoms with Crippen molar-refractivity contribution in [2.75, 3.05) is 19.4 Å². The van der Waals surface area contributed by atoms with Gasteiger partial charge in [-0.3, -0.25) is 0 Å². The predicted octanol–water partition coefficient (Wildman–Crippen LogP) is 1.22. The molecular weight excluding hydrogens is 200 g/mol. The molecular formula is C9H18N2O2S. The number of ether oxygens (including phenoxy) is 1. The molecule has 0 radical (unpaired) electrons. The fourth-order valence-corrected chi connectivity index (χ4v) is 3.67. The first-order valence-electron chi connectivity index (χ1n) is 5.21. The van der Waals surface area contributed by atoms with Crippen molar-refractivity contribution < 1.29 is 8.95 Å². The molecule has 5 heteroatoms. The van der Waals surface area contributed by atoms with Gasteiger partial charge in [-0.05, 0) is 12.8 Å². The SMILES string of the molecule is CS(=N)(=O)N1CCOC2CCCCC21. The number of hydrogen-bond acceptors (Lipinski definition) is 3. The van der Waals surface area contributed by atoms with E-state index < -0.39 is 9.92 Å². The number of nitrogens with one attached hydrogen (secondary N) is 1. The Kier molecular flexibility index (Phi) is 2.81. The van der Waals surface area contributed by atoms with Crippen molar-refractivity contribution in [1.82, 2.24) is 4.31 Å². The van der Waals surface area contributed by atoms with E-state index in [9.17, 15) is 4.21 Å². The second kappa shape index (κ2) is 3.79. The maximum absolute atomic E-state index is 11.7. The summed E-state index contributed by atoms with van der Waals surface area (Å²) in [6.45, 7) is 1.28. The summed E-state index contributed by atoms with van der Waals surface area (Å²) in [5.74, 6) is 0. The topological polar surface area (TPSA) is 53.4 Å². The van der Waals surface area contributed by atoms with E-state index in [1.54, 1.807) is 0 Å². The highest BCUT2D eigenvalue weighted by atomic mass is 32.2. The number of fused-ring (bicyclic) bond motifs is 1. The minimum atomic E-state index is -2.54. The second-order valence-corrected chi connectivity index (χ2v) is 6.28. The molecule has 4 nitrogen and oxygen atoms in total. The fourth-order valence-electron chi connectivity index (χ4n) is 2.49. The van der Waals surface area contributed by atoms with Crippen LogP contribution in [0.5, 0.6) is 0 Å². The lowest BCUT2D eigenvalue weighted by Crippen LogP contribution is -2.54. The van der Waals surface area contributed by atoms with Crippen molar-refractivity contribution in [3.63, 3.8) is 0 Å². The highest BCUT2D eigenvalue weighted by molar-refractivity contribution is 7.89. The Balaban J connectivity index is 2.17. The van der Waals surface area contributed by atoms with Crippen molar-refractivity contribution in [3.05, 3.63) is 0 Å². The summed E-state index contributed by atoms with van der Waals surface area (Å²) in [5.41, 5.74) is 0. The first-order chi connectivity index (χ1) is 6.59. The third-order valence-electron chi connectivity index (χ3n) is 3.13. The molecule has 2 fully saturated rings. The van der Waals surface area contributed by atoms with Crippen molar-refractivity contribution in [3.8, 4) is 0 Å². The minimum absolute atomic E-state index is 0.226. The average Bonchev–Trinajstić information content (AvgIpc) is 2.15. The Labute approximate surface area is 85.7 Å². The van der Waals surface area contributed by atoms with Gasteiger partial charge in [-0.25, -0.2) is 13.3 Å². The lowest BCUT2D eigenvalue weighted by Gasteiger charge is -2.43. The normalized spacial score (nSPS) is 38.6. The minimum Gasteiger partial charge on any atom is -0.375 e. The summed E-state index contributed by atoms with van der Waals surface area (Å²) in [4.78, 5) is 0. The van der Waals surface area contributed by atoms with Gasteiger partial charge in [0.05, 0.1) is 12.7 Å². The quantitative estimate of drug-likeness (QED) is 0.719. The molecule has 0 spiro atoms. The monoisotopic (exact) mass is 218 g/mol. The van der Waals surface area contributed by atoms with Crippen molar-refractivity contribution >= 4 is 9.92 Å². The van der Waals surface area contributed by atoms with Crippen LogP contribution < -0.4 is 0 Å². The van der Waals surface area contributed by atoms with E-state index in [4.69, 9.17) is 9.52 Å². The molecule has 3 unspecified atom stereocenters. The molecule has 1 saturated heterocycles. The summed E-state index contributed by atoms with van der Waals surface area (Å²) in [6, 6.07) is 0.229. The van der Waals surface area contributed by atoms with E-state index in [0.717, 1.165) is 12.8 Å². The van der Waals surface area contributed by atoms with Crippen LogP contribution in [0.4, 0.5) is 0 Å². The van der Waals surface area contributed by atoms with E-state index in [1.165, 1.54) is 19.1 Å². The summed E-state index contributed by atoms with van der Waals surface area (Å²) < 4.78 is 26.9. The Bertz CT molecular complexity index is 300. The Morgan fingerprint density at radius 1 is 1.43 bits per heavy atom. The van der Waals surface area contributed by atoms with Crippen molar-refractivity contribution in [1.29, 1.82) is 4.78 Å². The van der Waals surface area contributed by atoms with Gasteiger partial charge in [-0.2, -0.15) is 0 Å². The molecule has 0 amide bonds. The van der Waals surface area contributed by atoms with Crippen molar-refractivity contribution in [2.24, 2.45) is 0 Å². The third-order valence-corrected chi connectivity index (χ3v) is 4.48. The van der Waals surface area contributed by atoms with Gasteiger partial charge >= 0.3 is 0 Å². The van der Waals surface area contributed by atoms with E-state index in [0.29, 0.717) is 13.2 Å². The van der Waals surface area contributed by atoms with E-state index in [2.05, 4.69) is 0 Å². The van der Waals surface area contributed by atoms with Crippen LogP contribution in [0.3, 0.4) is 0 Å². The van der Waals surface area contributed by atoms with E-state index in [-0.39, 0.29) is 12.1 Å².